The fraction of sp³-hybridized carbons (Fsp3) is 0.167. The summed E-state index contributed by atoms with van der Waals surface area (Å²) in [5.74, 6) is -1.59. The van der Waals surface area contributed by atoms with E-state index >= 15 is 0 Å². The quantitative estimate of drug-likeness (QED) is 0.911. The highest BCUT2D eigenvalue weighted by molar-refractivity contribution is 5.94. The van der Waals surface area contributed by atoms with E-state index in [1.807, 2.05) is 0 Å². The summed E-state index contributed by atoms with van der Waals surface area (Å²) in [4.78, 5) is 15.5. The second-order valence-corrected chi connectivity index (χ2v) is 3.68. The molecule has 1 amide bonds. The molecule has 6 heteroatoms. The highest BCUT2D eigenvalue weighted by atomic mass is 19.2. The Hall–Kier alpha value is -2.24. The Balaban J connectivity index is 2.01. The summed E-state index contributed by atoms with van der Waals surface area (Å²) in [7, 11) is 0. The topological polar surface area (TPSA) is 55.1 Å². The number of amides is 1. The lowest BCUT2D eigenvalue weighted by Crippen LogP contribution is -2.23. The van der Waals surface area contributed by atoms with Crippen molar-refractivity contribution in [3.63, 3.8) is 0 Å². The number of hydrogen-bond donors (Lipinski definition) is 1. The van der Waals surface area contributed by atoms with Crippen LogP contribution in [0.2, 0.25) is 0 Å². The van der Waals surface area contributed by atoms with Crippen molar-refractivity contribution in [2.45, 2.75) is 13.5 Å². The predicted molar refractivity (Wildman–Crippen MR) is 58.8 cm³/mol. The Bertz CT molecular complexity index is 581. The standard InChI is InChI=1S/C12H10F2N2O2/c1-7-5-15-11(18-7)6-16-12(17)8-2-3-9(13)10(14)4-8/h2-5H,6H2,1H3,(H,16,17). The van der Waals surface area contributed by atoms with Crippen LogP contribution < -0.4 is 5.32 Å². The molecule has 0 aliphatic heterocycles. The molecular weight excluding hydrogens is 242 g/mol. The van der Waals surface area contributed by atoms with E-state index in [0.29, 0.717) is 11.7 Å². The normalized spacial score (nSPS) is 10.4. The van der Waals surface area contributed by atoms with Gasteiger partial charge in [-0.2, -0.15) is 0 Å². The van der Waals surface area contributed by atoms with Gasteiger partial charge in [-0.15, -0.1) is 0 Å². The molecule has 0 radical (unpaired) electrons. The third kappa shape index (κ3) is 2.71. The van der Waals surface area contributed by atoms with Crippen molar-refractivity contribution < 1.29 is 18.0 Å². The van der Waals surface area contributed by atoms with Gasteiger partial charge in [-0.05, 0) is 25.1 Å². The first-order valence-corrected chi connectivity index (χ1v) is 5.21. The van der Waals surface area contributed by atoms with Crippen molar-refractivity contribution in [3.8, 4) is 0 Å². The van der Waals surface area contributed by atoms with E-state index < -0.39 is 17.5 Å². The van der Waals surface area contributed by atoms with Gasteiger partial charge in [0.1, 0.15) is 5.76 Å². The van der Waals surface area contributed by atoms with Gasteiger partial charge in [0.2, 0.25) is 5.89 Å². The van der Waals surface area contributed by atoms with Gasteiger partial charge in [0.05, 0.1) is 12.7 Å². The van der Waals surface area contributed by atoms with Crippen LogP contribution in [-0.2, 0) is 6.54 Å². The number of oxazole rings is 1. The van der Waals surface area contributed by atoms with E-state index in [1.54, 1.807) is 6.92 Å². The molecule has 0 aliphatic rings. The van der Waals surface area contributed by atoms with Gasteiger partial charge in [-0.3, -0.25) is 4.79 Å². The second-order valence-electron chi connectivity index (χ2n) is 3.68. The summed E-state index contributed by atoms with van der Waals surface area (Å²) in [5.41, 5.74) is 0.0391. The van der Waals surface area contributed by atoms with Crippen LogP contribution in [0.25, 0.3) is 0 Å². The molecule has 0 saturated carbocycles. The van der Waals surface area contributed by atoms with Gasteiger partial charge in [0.15, 0.2) is 11.6 Å². The van der Waals surface area contributed by atoms with E-state index in [2.05, 4.69) is 10.3 Å². The molecule has 0 saturated heterocycles. The molecule has 0 fully saturated rings. The Labute approximate surface area is 102 Å². The largest absolute Gasteiger partial charge is 0.444 e. The van der Waals surface area contributed by atoms with E-state index in [-0.39, 0.29) is 12.1 Å². The van der Waals surface area contributed by atoms with E-state index in [1.165, 1.54) is 12.3 Å². The van der Waals surface area contributed by atoms with Crippen LogP contribution in [0, 0.1) is 18.6 Å². The van der Waals surface area contributed by atoms with Crippen molar-refractivity contribution in [3.05, 3.63) is 53.2 Å². The van der Waals surface area contributed by atoms with Crippen LogP contribution in [0.3, 0.4) is 0 Å². The molecule has 2 rings (SSSR count). The number of aromatic nitrogens is 1. The van der Waals surface area contributed by atoms with Crippen molar-refractivity contribution in [1.82, 2.24) is 10.3 Å². The second kappa shape index (κ2) is 4.95. The van der Waals surface area contributed by atoms with Crippen LogP contribution in [0.4, 0.5) is 8.78 Å². The van der Waals surface area contributed by atoms with Crippen molar-refractivity contribution >= 4 is 5.91 Å². The summed E-state index contributed by atoms with van der Waals surface area (Å²) in [6.07, 6.45) is 1.53. The fourth-order valence-electron chi connectivity index (χ4n) is 1.38. The number of aryl methyl sites for hydroxylation is 1. The lowest BCUT2D eigenvalue weighted by atomic mass is 10.2. The fourth-order valence-corrected chi connectivity index (χ4v) is 1.38. The molecule has 2 aromatic rings. The van der Waals surface area contributed by atoms with Crippen LogP contribution >= 0.6 is 0 Å². The van der Waals surface area contributed by atoms with Crippen molar-refractivity contribution in [1.29, 1.82) is 0 Å². The van der Waals surface area contributed by atoms with Crippen LogP contribution in [-0.4, -0.2) is 10.9 Å². The summed E-state index contributed by atoms with van der Waals surface area (Å²) in [5, 5.41) is 2.49. The third-order valence-corrected chi connectivity index (χ3v) is 2.25. The number of nitrogens with one attached hydrogen (secondary N) is 1. The molecule has 0 unspecified atom stereocenters. The molecule has 4 nitrogen and oxygen atoms in total. The highest BCUT2D eigenvalue weighted by Gasteiger charge is 2.10. The molecule has 94 valence electrons. The predicted octanol–water partition coefficient (Wildman–Crippen LogP) is 2.19. The molecular formula is C12H10F2N2O2. The SMILES string of the molecule is Cc1cnc(CNC(=O)c2ccc(F)c(F)c2)o1. The maximum absolute atomic E-state index is 12.9. The van der Waals surface area contributed by atoms with Gasteiger partial charge < -0.3 is 9.73 Å². The molecule has 0 spiro atoms. The minimum atomic E-state index is -1.06. The van der Waals surface area contributed by atoms with Gasteiger partial charge >= 0.3 is 0 Å². The van der Waals surface area contributed by atoms with E-state index in [9.17, 15) is 13.6 Å². The minimum absolute atomic E-state index is 0.0391. The molecule has 0 bridgehead atoms. The first kappa shape index (κ1) is 12.2. The maximum Gasteiger partial charge on any atom is 0.251 e. The summed E-state index contributed by atoms with van der Waals surface area (Å²) in [6, 6.07) is 2.94. The summed E-state index contributed by atoms with van der Waals surface area (Å²) >= 11 is 0. The van der Waals surface area contributed by atoms with Gasteiger partial charge in [-0.25, -0.2) is 13.8 Å². The maximum atomic E-state index is 12.9. The van der Waals surface area contributed by atoms with Crippen LogP contribution in [0.15, 0.2) is 28.8 Å². The van der Waals surface area contributed by atoms with Gasteiger partial charge in [0, 0.05) is 5.56 Å². The Kier molecular flexibility index (Phi) is 3.36. The first-order valence-electron chi connectivity index (χ1n) is 5.21. The summed E-state index contributed by atoms with van der Waals surface area (Å²) in [6.45, 7) is 1.82. The average molecular weight is 252 g/mol. The smallest absolute Gasteiger partial charge is 0.251 e. The number of nitrogens with zero attached hydrogens (tertiary/aromatic N) is 1. The van der Waals surface area contributed by atoms with E-state index in [4.69, 9.17) is 4.42 Å². The summed E-state index contributed by atoms with van der Waals surface area (Å²) < 4.78 is 30.8. The number of carbonyl (C=O) groups is 1. The molecule has 1 N–H and O–H groups in total. The molecule has 0 aliphatic carbocycles. The minimum Gasteiger partial charge on any atom is -0.444 e. The number of hydrogen-bond acceptors (Lipinski definition) is 3. The van der Waals surface area contributed by atoms with Crippen molar-refractivity contribution in [2.75, 3.05) is 0 Å². The van der Waals surface area contributed by atoms with Crippen molar-refractivity contribution in [2.24, 2.45) is 0 Å². The Morgan fingerprint density at radius 3 is 2.78 bits per heavy atom. The molecule has 1 aromatic heterocycles. The average Bonchev–Trinajstić information content (AvgIpc) is 2.75. The van der Waals surface area contributed by atoms with Crippen LogP contribution in [0.5, 0.6) is 0 Å². The monoisotopic (exact) mass is 252 g/mol. The third-order valence-electron chi connectivity index (χ3n) is 2.25. The van der Waals surface area contributed by atoms with Crippen LogP contribution in [0.1, 0.15) is 22.0 Å². The zero-order chi connectivity index (χ0) is 13.1. The molecule has 18 heavy (non-hydrogen) atoms. The number of rotatable bonds is 3. The first-order chi connectivity index (χ1) is 8.56. The Morgan fingerprint density at radius 2 is 2.17 bits per heavy atom. The number of benzene rings is 1. The lowest BCUT2D eigenvalue weighted by molar-refractivity contribution is 0.0946. The molecule has 1 heterocycles. The van der Waals surface area contributed by atoms with E-state index in [0.717, 1.165) is 12.1 Å². The lowest BCUT2D eigenvalue weighted by Gasteiger charge is -2.03. The van der Waals surface area contributed by atoms with Gasteiger partial charge in [0.25, 0.3) is 5.91 Å². The molecule has 0 atom stereocenters. The zero-order valence-electron chi connectivity index (χ0n) is 9.54. The number of halogens is 2. The van der Waals surface area contributed by atoms with Gasteiger partial charge in [-0.1, -0.05) is 0 Å². The molecule has 1 aromatic carbocycles. The number of carbonyl (C=O) groups excluding carboxylic acids is 1. The zero-order valence-corrected chi connectivity index (χ0v) is 9.54. The highest BCUT2D eigenvalue weighted by Crippen LogP contribution is 2.09. The Morgan fingerprint density at radius 1 is 1.39 bits per heavy atom.